The number of rotatable bonds is 3. The zero-order chi connectivity index (χ0) is 24.5. The van der Waals surface area contributed by atoms with Crippen molar-refractivity contribution in [2.24, 2.45) is 5.41 Å². The van der Waals surface area contributed by atoms with Crippen molar-refractivity contribution in [3.8, 4) is 0 Å². The second kappa shape index (κ2) is 7.49. The Balaban J connectivity index is 1.15. The van der Waals surface area contributed by atoms with Crippen LogP contribution in [0.25, 0.3) is 0 Å². The molecule has 0 atom stereocenters. The van der Waals surface area contributed by atoms with E-state index in [1.54, 1.807) is 35.6 Å². The lowest BCUT2D eigenvalue weighted by Gasteiger charge is -2.60. The number of halogens is 1. The highest BCUT2D eigenvalue weighted by atomic mass is 35.5. The van der Waals surface area contributed by atoms with Gasteiger partial charge in [-0.2, -0.15) is 0 Å². The molecule has 35 heavy (non-hydrogen) atoms. The first kappa shape index (κ1) is 22.0. The summed E-state index contributed by atoms with van der Waals surface area (Å²) in [6.07, 6.45) is 6.90. The molecule has 2 fully saturated rings. The molecule has 1 aromatic carbocycles. The van der Waals surface area contributed by atoms with Gasteiger partial charge in [0.1, 0.15) is 0 Å². The van der Waals surface area contributed by atoms with Crippen molar-refractivity contribution >= 4 is 34.8 Å². The van der Waals surface area contributed by atoms with E-state index in [2.05, 4.69) is 19.9 Å². The predicted molar refractivity (Wildman–Crippen MR) is 133 cm³/mol. The fourth-order valence-corrected chi connectivity index (χ4v) is 5.72. The quantitative estimate of drug-likeness (QED) is 0.559. The molecule has 2 amide bonds. The van der Waals surface area contributed by atoms with Gasteiger partial charge in [-0.25, -0.2) is 9.97 Å². The van der Waals surface area contributed by atoms with E-state index in [9.17, 15) is 9.59 Å². The van der Waals surface area contributed by atoms with Crippen LogP contribution >= 0.6 is 11.6 Å². The van der Waals surface area contributed by atoms with Gasteiger partial charge in [-0.15, -0.1) is 0 Å². The summed E-state index contributed by atoms with van der Waals surface area (Å²) in [5.41, 5.74) is 3.79. The zero-order valence-electron chi connectivity index (χ0n) is 19.8. The van der Waals surface area contributed by atoms with Gasteiger partial charge in [-0.1, -0.05) is 11.6 Å². The molecule has 1 spiro atoms. The summed E-state index contributed by atoms with van der Waals surface area (Å²) in [4.78, 5) is 44.5. The number of aryl methyl sites for hydroxylation is 1. The highest BCUT2D eigenvalue weighted by Gasteiger charge is 2.54. The van der Waals surface area contributed by atoms with E-state index in [0.717, 1.165) is 35.6 Å². The third-order valence-electron chi connectivity index (χ3n) is 7.33. The number of fused-ring (bicyclic) bond motifs is 1. The van der Waals surface area contributed by atoms with Gasteiger partial charge < -0.3 is 9.80 Å². The Morgan fingerprint density at radius 2 is 1.66 bits per heavy atom. The summed E-state index contributed by atoms with van der Waals surface area (Å²) in [6, 6.07) is 7.44. The summed E-state index contributed by atoms with van der Waals surface area (Å²) in [5, 5.41) is 0.617. The minimum absolute atomic E-state index is 0.0489. The lowest BCUT2D eigenvalue weighted by atomic mass is 9.72. The first-order valence-electron chi connectivity index (χ1n) is 11.6. The van der Waals surface area contributed by atoms with Crippen LogP contribution in [0.1, 0.15) is 46.0 Å². The lowest BCUT2D eigenvalue weighted by Crippen LogP contribution is -2.73. The average molecular weight is 489 g/mol. The minimum atomic E-state index is -0.541. The van der Waals surface area contributed by atoms with Gasteiger partial charge in [-0.3, -0.25) is 19.5 Å². The Morgan fingerprint density at radius 3 is 2.37 bits per heavy atom. The third kappa shape index (κ3) is 3.38. The number of pyridine rings is 1. The monoisotopic (exact) mass is 488 g/mol. The first-order valence-corrected chi connectivity index (χ1v) is 12.0. The molecule has 178 valence electrons. The predicted octanol–water partition coefficient (Wildman–Crippen LogP) is 3.69. The molecule has 9 heteroatoms. The van der Waals surface area contributed by atoms with Gasteiger partial charge in [0.2, 0.25) is 5.82 Å². The summed E-state index contributed by atoms with van der Waals surface area (Å²) in [7, 11) is 0. The number of aromatic nitrogens is 3. The fraction of sp³-hybridized carbons (Fsp3) is 0.346. The second-order valence-corrected chi connectivity index (χ2v) is 10.8. The highest BCUT2D eigenvalue weighted by molar-refractivity contribution is 6.31. The number of hydrogen-bond acceptors (Lipinski definition) is 6. The van der Waals surface area contributed by atoms with Gasteiger partial charge in [0, 0.05) is 54.6 Å². The molecule has 0 radical (unpaired) electrons. The summed E-state index contributed by atoms with van der Waals surface area (Å²) < 4.78 is 0. The number of anilines is 2. The van der Waals surface area contributed by atoms with Gasteiger partial charge >= 0.3 is 0 Å². The molecule has 2 saturated heterocycles. The molecule has 3 aliphatic rings. The number of hydrogen-bond donors (Lipinski definition) is 0. The molecule has 6 rings (SSSR count). The van der Waals surface area contributed by atoms with E-state index >= 15 is 0 Å². The maximum atomic E-state index is 13.3. The molecule has 0 unspecified atom stereocenters. The maximum Gasteiger partial charge on any atom is 0.291 e. The molecule has 8 nitrogen and oxygen atoms in total. The summed E-state index contributed by atoms with van der Waals surface area (Å²) in [6.45, 7) is 9.01. The largest absolute Gasteiger partial charge is 0.369 e. The van der Waals surface area contributed by atoms with Gasteiger partial charge in [0.05, 0.1) is 29.3 Å². The van der Waals surface area contributed by atoms with Crippen LogP contribution < -0.4 is 9.80 Å². The Kier molecular flexibility index (Phi) is 4.70. The second-order valence-electron chi connectivity index (χ2n) is 10.4. The van der Waals surface area contributed by atoms with E-state index < -0.39 is 5.54 Å². The molecule has 0 bridgehead atoms. The van der Waals surface area contributed by atoms with Crippen LogP contribution in [0.4, 0.5) is 11.4 Å². The van der Waals surface area contributed by atoms with Crippen LogP contribution in [0.5, 0.6) is 0 Å². The van der Waals surface area contributed by atoms with Gasteiger partial charge in [-0.05, 0) is 56.2 Å². The fourth-order valence-electron chi connectivity index (χ4n) is 5.55. The smallest absolute Gasteiger partial charge is 0.291 e. The first-order chi connectivity index (χ1) is 16.7. The van der Waals surface area contributed by atoms with Crippen LogP contribution in [-0.4, -0.2) is 57.8 Å². The molecule has 2 aromatic heterocycles. The van der Waals surface area contributed by atoms with E-state index in [1.165, 1.54) is 0 Å². The Hall–Kier alpha value is -3.52. The highest BCUT2D eigenvalue weighted by Crippen LogP contribution is 2.45. The summed E-state index contributed by atoms with van der Waals surface area (Å²) in [5.74, 6) is 0.0815. The number of benzene rings is 1. The Bertz CT molecular complexity index is 1360. The van der Waals surface area contributed by atoms with Crippen molar-refractivity contribution in [1.29, 1.82) is 0 Å². The molecule has 0 saturated carbocycles. The van der Waals surface area contributed by atoms with Crippen LogP contribution in [0.2, 0.25) is 5.02 Å². The Morgan fingerprint density at radius 1 is 0.971 bits per heavy atom. The normalized spacial score (nSPS) is 19.4. The van der Waals surface area contributed by atoms with Crippen LogP contribution in [0.15, 0.2) is 49.1 Å². The molecular formula is C26H25ClN6O2. The van der Waals surface area contributed by atoms with Crippen molar-refractivity contribution in [2.45, 2.75) is 26.3 Å². The topological polar surface area (TPSA) is 82.5 Å². The molecule has 5 heterocycles. The standard InChI is InChI=1S/C26H25ClN6O2/c1-16-8-29-22(30-9-16)24(35)32-14-26(15-32)12-31(13-26)18-7-19(11-28-10-18)33-23(34)20-5-4-17(27)6-21(20)25(33,2)3/h4-11H,12-15H2,1-3H3. The number of likely N-dealkylation sites (tertiary alicyclic amines) is 1. The van der Waals surface area contributed by atoms with Crippen molar-refractivity contribution in [1.82, 2.24) is 19.9 Å². The molecule has 0 aliphatic carbocycles. The molecule has 3 aromatic rings. The van der Waals surface area contributed by atoms with Crippen molar-refractivity contribution in [3.05, 3.63) is 76.6 Å². The van der Waals surface area contributed by atoms with E-state index in [0.29, 0.717) is 23.7 Å². The lowest BCUT2D eigenvalue weighted by molar-refractivity contribution is -0.0113. The molecule has 3 aliphatic heterocycles. The van der Waals surface area contributed by atoms with Gasteiger partial charge in [0.15, 0.2) is 0 Å². The maximum absolute atomic E-state index is 13.3. The SMILES string of the molecule is Cc1cnc(C(=O)N2CC3(C2)CN(c2cncc(N4C(=O)c5ccc(Cl)cc5C4(C)C)c2)C3)nc1. The van der Waals surface area contributed by atoms with Gasteiger partial charge in [0.25, 0.3) is 11.8 Å². The number of nitrogens with zero attached hydrogens (tertiary/aromatic N) is 6. The van der Waals surface area contributed by atoms with Crippen LogP contribution in [0, 0.1) is 12.3 Å². The van der Waals surface area contributed by atoms with Crippen molar-refractivity contribution in [3.63, 3.8) is 0 Å². The van der Waals surface area contributed by atoms with E-state index in [1.807, 2.05) is 44.0 Å². The Labute approximate surface area is 208 Å². The van der Waals surface area contributed by atoms with Crippen LogP contribution in [-0.2, 0) is 5.54 Å². The molecule has 0 N–H and O–H groups in total. The van der Waals surface area contributed by atoms with Crippen molar-refractivity contribution in [2.75, 3.05) is 36.0 Å². The van der Waals surface area contributed by atoms with E-state index in [4.69, 9.17) is 11.6 Å². The minimum Gasteiger partial charge on any atom is -0.369 e. The average Bonchev–Trinajstić information content (AvgIpc) is 2.97. The number of carbonyl (C=O) groups excluding carboxylic acids is 2. The number of carbonyl (C=O) groups is 2. The van der Waals surface area contributed by atoms with Crippen molar-refractivity contribution < 1.29 is 9.59 Å². The van der Waals surface area contributed by atoms with Crippen LogP contribution in [0.3, 0.4) is 0 Å². The summed E-state index contributed by atoms with van der Waals surface area (Å²) >= 11 is 6.22. The zero-order valence-corrected chi connectivity index (χ0v) is 20.6. The van der Waals surface area contributed by atoms with E-state index in [-0.39, 0.29) is 23.1 Å². The number of amides is 2. The molecular weight excluding hydrogens is 464 g/mol. The third-order valence-corrected chi connectivity index (χ3v) is 7.57.